The van der Waals surface area contributed by atoms with Crippen molar-refractivity contribution in [3.8, 4) is 0 Å². The van der Waals surface area contributed by atoms with Gasteiger partial charge in [0.25, 0.3) is 0 Å². The van der Waals surface area contributed by atoms with Gasteiger partial charge >= 0.3 is 12.2 Å². The fourth-order valence-electron chi connectivity index (χ4n) is 3.40. The number of nitrogens with zero attached hydrogens (tertiary/aromatic N) is 2. The Morgan fingerprint density at radius 3 is 2.50 bits per heavy atom. The van der Waals surface area contributed by atoms with Gasteiger partial charge in [-0.05, 0) is 49.7 Å². The highest BCUT2D eigenvalue weighted by Gasteiger charge is 2.30. The number of hydrogen-bond acceptors (Lipinski definition) is 2. The van der Waals surface area contributed by atoms with Crippen LogP contribution < -0.4 is 5.32 Å². The van der Waals surface area contributed by atoms with Crippen LogP contribution in [0.2, 0.25) is 0 Å². The Balaban J connectivity index is 1.66. The maximum atomic E-state index is 12.9. The van der Waals surface area contributed by atoms with Crippen LogP contribution in [0.5, 0.6) is 0 Å². The largest absolute Gasteiger partial charge is 0.416 e. The lowest BCUT2D eigenvalue weighted by atomic mass is 10.2. The van der Waals surface area contributed by atoms with E-state index in [1.165, 1.54) is 12.1 Å². The number of amides is 2. The summed E-state index contributed by atoms with van der Waals surface area (Å²) in [6.07, 6.45) is 1.69. The van der Waals surface area contributed by atoms with Crippen molar-refractivity contribution in [1.82, 2.24) is 9.80 Å². The Hall–Kier alpha value is -2.80. The summed E-state index contributed by atoms with van der Waals surface area (Å²) in [6, 6.07) is 14.0. The molecule has 1 N–H and O–H groups in total. The molecular formula is C23H26F3N3O. The van der Waals surface area contributed by atoms with Crippen LogP contribution in [0.1, 0.15) is 24.0 Å². The van der Waals surface area contributed by atoms with Crippen LogP contribution in [0.15, 0.2) is 60.7 Å². The van der Waals surface area contributed by atoms with Gasteiger partial charge in [-0.3, -0.25) is 0 Å². The molecule has 0 saturated carbocycles. The molecule has 160 valence electrons. The first-order valence-electron chi connectivity index (χ1n) is 10.1. The highest BCUT2D eigenvalue weighted by molar-refractivity contribution is 5.89. The lowest BCUT2D eigenvalue weighted by Crippen LogP contribution is -2.40. The molecule has 1 fully saturated rings. The SMILES string of the molecule is O=C(Nc1cccc(C(F)(F)F)c1)N(C/C=C/c1ccccc1)CCN1CCCC1. The summed E-state index contributed by atoms with van der Waals surface area (Å²) >= 11 is 0. The summed E-state index contributed by atoms with van der Waals surface area (Å²) < 4.78 is 38.8. The number of rotatable bonds is 7. The molecule has 7 heteroatoms. The Bertz CT molecular complexity index is 846. The first-order valence-corrected chi connectivity index (χ1v) is 10.1. The third-order valence-electron chi connectivity index (χ3n) is 5.05. The van der Waals surface area contributed by atoms with Crippen molar-refractivity contribution in [2.24, 2.45) is 0 Å². The first-order chi connectivity index (χ1) is 14.4. The van der Waals surface area contributed by atoms with Crippen LogP contribution in [0, 0.1) is 0 Å². The molecule has 0 radical (unpaired) electrons. The van der Waals surface area contributed by atoms with Gasteiger partial charge in [0.05, 0.1) is 5.56 Å². The number of anilines is 1. The predicted octanol–water partition coefficient (Wildman–Crippen LogP) is 5.35. The summed E-state index contributed by atoms with van der Waals surface area (Å²) in [5, 5.41) is 2.61. The lowest BCUT2D eigenvalue weighted by molar-refractivity contribution is -0.137. The minimum atomic E-state index is -4.45. The smallest absolute Gasteiger partial charge is 0.320 e. The van der Waals surface area contributed by atoms with Crippen molar-refractivity contribution < 1.29 is 18.0 Å². The van der Waals surface area contributed by atoms with Crippen molar-refractivity contribution in [3.05, 3.63) is 71.8 Å². The normalized spacial score (nSPS) is 14.9. The average Bonchev–Trinajstić information content (AvgIpc) is 3.24. The Labute approximate surface area is 175 Å². The molecule has 1 saturated heterocycles. The Morgan fingerprint density at radius 2 is 1.80 bits per heavy atom. The van der Waals surface area contributed by atoms with Crippen LogP contribution in [-0.2, 0) is 6.18 Å². The maximum absolute atomic E-state index is 12.9. The van der Waals surface area contributed by atoms with Gasteiger partial charge in [0.2, 0.25) is 0 Å². The van der Waals surface area contributed by atoms with Gasteiger partial charge in [0.1, 0.15) is 0 Å². The van der Waals surface area contributed by atoms with E-state index in [4.69, 9.17) is 0 Å². The number of halogens is 3. The van der Waals surface area contributed by atoms with Crippen LogP contribution in [-0.4, -0.2) is 48.6 Å². The van der Waals surface area contributed by atoms with Gasteiger partial charge in [-0.25, -0.2) is 4.79 Å². The standard InChI is InChI=1S/C23H26F3N3O/c24-23(25,26)20-11-6-12-21(18-20)27-22(30)29(17-16-28-13-4-5-14-28)15-7-10-19-8-2-1-3-9-19/h1-3,6-12,18H,4-5,13-17H2,(H,27,30)/b10-7+. The molecule has 2 amide bonds. The molecule has 0 bridgehead atoms. The minimum Gasteiger partial charge on any atom is -0.320 e. The van der Waals surface area contributed by atoms with Crippen LogP contribution in [0.4, 0.5) is 23.7 Å². The van der Waals surface area contributed by atoms with E-state index < -0.39 is 17.8 Å². The van der Waals surface area contributed by atoms with Gasteiger partial charge in [0, 0.05) is 25.3 Å². The third kappa shape index (κ3) is 6.62. The molecule has 3 rings (SSSR count). The number of carbonyl (C=O) groups is 1. The number of carbonyl (C=O) groups excluding carboxylic acids is 1. The number of nitrogens with one attached hydrogen (secondary N) is 1. The molecule has 0 atom stereocenters. The monoisotopic (exact) mass is 417 g/mol. The zero-order chi connectivity index (χ0) is 21.4. The minimum absolute atomic E-state index is 0.132. The third-order valence-corrected chi connectivity index (χ3v) is 5.05. The summed E-state index contributed by atoms with van der Waals surface area (Å²) in [6.45, 7) is 3.65. The molecular weight excluding hydrogens is 391 g/mol. The van der Waals surface area contributed by atoms with Crippen molar-refractivity contribution >= 4 is 17.8 Å². The Kier molecular flexibility index (Phi) is 7.52. The number of urea groups is 1. The van der Waals surface area contributed by atoms with E-state index in [0.717, 1.165) is 50.2 Å². The molecule has 4 nitrogen and oxygen atoms in total. The number of likely N-dealkylation sites (tertiary alicyclic amines) is 1. The first kappa shape index (κ1) is 21.9. The number of hydrogen-bond donors (Lipinski definition) is 1. The second-order valence-electron chi connectivity index (χ2n) is 7.32. The number of benzene rings is 2. The predicted molar refractivity (Wildman–Crippen MR) is 113 cm³/mol. The fourth-order valence-corrected chi connectivity index (χ4v) is 3.40. The summed E-state index contributed by atoms with van der Waals surface area (Å²) in [4.78, 5) is 16.7. The van der Waals surface area contributed by atoms with Gasteiger partial charge in [-0.2, -0.15) is 13.2 Å². The van der Waals surface area contributed by atoms with Crippen LogP contribution in [0.3, 0.4) is 0 Å². The van der Waals surface area contributed by atoms with E-state index in [2.05, 4.69) is 10.2 Å². The highest BCUT2D eigenvalue weighted by Crippen LogP contribution is 2.30. The lowest BCUT2D eigenvalue weighted by Gasteiger charge is -2.25. The van der Waals surface area contributed by atoms with E-state index >= 15 is 0 Å². The molecule has 1 heterocycles. The van der Waals surface area contributed by atoms with Crippen LogP contribution in [0.25, 0.3) is 6.08 Å². The summed E-state index contributed by atoms with van der Waals surface area (Å²) in [7, 11) is 0. The molecule has 0 spiro atoms. The maximum Gasteiger partial charge on any atom is 0.416 e. The molecule has 0 aliphatic carbocycles. The second kappa shape index (κ2) is 10.3. The van der Waals surface area contributed by atoms with E-state index in [1.54, 1.807) is 4.90 Å². The molecule has 1 aliphatic heterocycles. The van der Waals surface area contributed by atoms with E-state index in [0.29, 0.717) is 13.1 Å². The quantitative estimate of drug-likeness (QED) is 0.659. The van der Waals surface area contributed by atoms with E-state index in [9.17, 15) is 18.0 Å². The molecule has 0 unspecified atom stereocenters. The summed E-state index contributed by atoms with van der Waals surface area (Å²) in [5.74, 6) is 0. The van der Waals surface area contributed by atoms with Gasteiger partial charge < -0.3 is 15.1 Å². The molecule has 2 aromatic carbocycles. The average molecular weight is 417 g/mol. The van der Waals surface area contributed by atoms with Gasteiger partial charge in [-0.1, -0.05) is 48.6 Å². The molecule has 30 heavy (non-hydrogen) atoms. The molecule has 2 aromatic rings. The van der Waals surface area contributed by atoms with Gasteiger partial charge in [-0.15, -0.1) is 0 Å². The highest BCUT2D eigenvalue weighted by atomic mass is 19.4. The Morgan fingerprint density at radius 1 is 1.07 bits per heavy atom. The van der Waals surface area contributed by atoms with Crippen molar-refractivity contribution in [2.75, 3.05) is 38.0 Å². The van der Waals surface area contributed by atoms with Crippen molar-refractivity contribution in [2.45, 2.75) is 19.0 Å². The van der Waals surface area contributed by atoms with Crippen LogP contribution >= 0.6 is 0 Å². The fraction of sp³-hybridized carbons (Fsp3) is 0.348. The number of alkyl halides is 3. The van der Waals surface area contributed by atoms with E-state index in [-0.39, 0.29) is 5.69 Å². The van der Waals surface area contributed by atoms with E-state index in [1.807, 2.05) is 42.5 Å². The zero-order valence-electron chi connectivity index (χ0n) is 16.7. The topological polar surface area (TPSA) is 35.6 Å². The molecule has 0 aromatic heterocycles. The zero-order valence-corrected chi connectivity index (χ0v) is 16.7. The summed E-state index contributed by atoms with van der Waals surface area (Å²) in [5.41, 5.74) is 0.371. The van der Waals surface area contributed by atoms with Gasteiger partial charge in [0.15, 0.2) is 0 Å². The van der Waals surface area contributed by atoms with Crippen molar-refractivity contribution in [1.29, 1.82) is 0 Å². The van der Waals surface area contributed by atoms with Crippen molar-refractivity contribution in [3.63, 3.8) is 0 Å². The molecule has 1 aliphatic rings. The second-order valence-corrected chi connectivity index (χ2v) is 7.32.